The molecule has 0 fully saturated rings. The van der Waals surface area contributed by atoms with Crippen LogP contribution < -0.4 is 11.3 Å². The van der Waals surface area contributed by atoms with Gasteiger partial charge in [0, 0.05) is 36.2 Å². The number of carbonyl (C=O) groups excluding carboxylic acids is 2. The summed E-state index contributed by atoms with van der Waals surface area (Å²) in [7, 11) is 0. The van der Waals surface area contributed by atoms with Crippen molar-refractivity contribution < 1.29 is 9.59 Å². The fourth-order valence-electron chi connectivity index (χ4n) is 2.21. The molecule has 7 heteroatoms. The predicted octanol–water partition coefficient (Wildman–Crippen LogP) is 1.51. The van der Waals surface area contributed by atoms with Crippen LogP contribution in [-0.2, 0) is 22.7 Å². The third-order valence-corrected chi connectivity index (χ3v) is 3.92. The second-order valence-electron chi connectivity index (χ2n) is 5.33. The Morgan fingerprint density at radius 3 is 2.50 bits per heavy atom. The average Bonchev–Trinajstić information content (AvgIpc) is 2.55. The summed E-state index contributed by atoms with van der Waals surface area (Å²) in [6, 6.07) is 12.5. The van der Waals surface area contributed by atoms with E-state index in [1.165, 1.54) is 15.5 Å². The molecule has 6 nitrogen and oxygen atoms in total. The van der Waals surface area contributed by atoms with E-state index in [1.54, 1.807) is 12.3 Å². The smallest absolute Gasteiger partial charge is 0.251 e. The molecule has 0 atom stereocenters. The maximum absolute atomic E-state index is 12.6. The molecule has 1 aromatic heterocycles. The molecule has 0 aliphatic carbocycles. The first-order valence-corrected chi connectivity index (χ1v) is 8.21. The van der Waals surface area contributed by atoms with Gasteiger partial charge in [-0.2, -0.15) is 0 Å². The highest BCUT2D eigenvalue weighted by Crippen LogP contribution is 2.08. The molecular formula is C17H18BrN3O3. The van der Waals surface area contributed by atoms with E-state index in [1.807, 2.05) is 30.3 Å². The van der Waals surface area contributed by atoms with Gasteiger partial charge in [-0.05, 0) is 27.6 Å². The molecule has 0 unspecified atom stereocenters. The van der Waals surface area contributed by atoms with Gasteiger partial charge in [-0.15, -0.1) is 0 Å². The number of nitrogens with zero attached hydrogens (tertiary/aromatic N) is 2. The van der Waals surface area contributed by atoms with Crippen molar-refractivity contribution >= 4 is 27.7 Å². The molecule has 2 N–H and O–H groups in total. The van der Waals surface area contributed by atoms with Crippen molar-refractivity contribution in [1.82, 2.24) is 9.47 Å². The van der Waals surface area contributed by atoms with Crippen LogP contribution in [-0.4, -0.2) is 27.8 Å². The van der Waals surface area contributed by atoms with E-state index in [-0.39, 0.29) is 31.0 Å². The Balaban J connectivity index is 2.15. The summed E-state index contributed by atoms with van der Waals surface area (Å²) in [5, 5.41) is 0. The fourth-order valence-corrected chi connectivity index (χ4v) is 2.59. The van der Waals surface area contributed by atoms with Gasteiger partial charge in [-0.3, -0.25) is 14.4 Å². The zero-order valence-electron chi connectivity index (χ0n) is 13.0. The number of nitrogens with two attached hydrogens (primary N) is 1. The Kier molecular flexibility index (Phi) is 6.31. The molecule has 0 saturated heterocycles. The number of hydrogen-bond donors (Lipinski definition) is 1. The Hall–Kier alpha value is -2.41. The number of rotatable bonds is 7. The molecule has 2 amide bonds. The van der Waals surface area contributed by atoms with E-state index in [9.17, 15) is 14.4 Å². The summed E-state index contributed by atoms with van der Waals surface area (Å²) < 4.78 is 2.04. The molecule has 1 heterocycles. The monoisotopic (exact) mass is 391 g/mol. The normalized spacial score (nSPS) is 10.4. The van der Waals surface area contributed by atoms with E-state index in [0.29, 0.717) is 11.0 Å². The summed E-state index contributed by atoms with van der Waals surface area (Å²) >= 11 is 3.28. The van der Waals surface area contributed by atoms with Gasteiger partial charge in [0.05, 0.1) is 0 Å². The molecular weight excluding hydrogens is 374 g/mol. The van der Waals surface area contributed by atoms with Crippen molar-refractivity contribution in [1.29, 1.82) is 0 Å². The minimum absolute atomic E-state index is 0.0754. The van der Waals surface area contributed by atoms with Crippen molar-refractivity contribution in [2.45, 2.75) is 19.5 Å². The van der Waals surface area contributed by atoms with Gasteiger partial charge in [0.1, 0.15) is 6.54 Å². The van der Waals surface area contributed by atoms with Gasteiger partial charge in [-0.25, -0.2) is 0 Å². The standard InChI is InChI=1S/C17H18BrN3O3/c18-14-6-7-16(23)21(11-14)12-17(24)20(9-8-15(19)22)10-13-4-2-1-3-5-13/h1-7,11H,8-10,12H2,(H2,19,22). The quantitative estimate of drug-likeness (QED) is 0.775. The van der Waals surface area contributed by atoms with Crippen LogP contribution in [0.5, 0.6) is 0 Å². The van der Waals surface area contributed by atoms with E-state index in [4.69, 9.17) is 5.73 Å². The SMILES string of the molecule is NC(=O)CCN(Cc1ccccc1)C(=O)Cn1cc(Br)ccc1=O. The van der Waals surface area contributed by atoms with Gasteiger partial charge in [0.15, 0.2) is 0 Å². The van der Waals surface area contributed by atoms with Crippen LogP contribution >= 0.6 is 15.9 Å². The maximum atomic E-state index is 12.6. The maximum Gasteiger partial charge on any atom is 0.251 e. The zero-order chi connectivity index (χ0) is 17.5. The number of carbonyl (C=O) groups is 2. The Morgan fingerprint density at radius 1 is 1.12 bits per heavy atom. The third-order valence-electron chi connectivity index (χ3n) is 3.45. The first-order chi connectivity index (χ1) is 11.5. The van der Waals surface area contributed by atoms with Crippen LogP contribution in [0, 0.1) is 0 Å². The van der Waals surface area contributed by atoms with Crippen LogP contribution in [0.1, 0.15) is 12.0 Å². The van der Waals surface area contributed by atoms with Crippen LogP contribution in [0.4, 0.5) is 0 Å². The molecule has 2 aromatic rings. The highest BCUT2D eigenvalue weighted by molar-refractivity contribution is 9.10. The number of pyridine rings is 1. The molecule has 0 spiro atoms. The number of hydrogen-bond acceptors (Lipinski definition) is 3. The van der Waals surface area contributed by atoms with E-state index in [2.05, 4.69) is 15.9 Å². The van der Waals surface area contributed by atoms with Crippen LogP contribution in [0.15, 0.2) is 57.9 Å². The fraction of sp³-hybridized carbons (Fsp3) is 0.235. The average molecular weight is 392 g/mol. The number of benzene rings is 1. The topological polar surface area (TPSA) is 85.4 Å². The van der Waals surface area contributed by atoms with Gasteiger partial charge in [0.2, 0.25) is 11.8 Å². The number of amides is 2. The molecule has 0 aliphatic rings. The van der Waals surface area contributed by atoms with Crippen molar-refractivity contribution in [3.8, 4) is 0 Å². The molecule has 126 valence electrons. The van der Waals surface area contributed by atoms with Gasteiger partial charge >= 0.3 is 0 Å². The van der Waals surface area contributed by atoms with Gasteiger partial charge in [-0.1, -0.05) is 30.3 Å². The first-order valence-electron chi connectivity index (χ1n) is 7.41. The van der Waals surface area contributed by atoms with Crippen LogP contribution in [0.3, 0.4) is 0 Å². The number of halogens is 1. The predicted molar refractivity (Wildman–Crippen MR) is 94.1 cm³/mol. The molecule has 0 bridgehead atoms. The molecule has 0 aliphatic heterocycles. The van der Waals surface area contributed by atoms with Crippen molar-refractivity contribution in [3.63, 3.8) is 0 Å². The lowest BCUT2D eigenvalue weighted by Crippen LogP contribution is -2.37. The van der Waals surface area contributed by atoms with E-state index >= 15 is 0 Å². The Morgan fingerprint density at radius 2 is 1.83 bits per heavy atom. The Labute approximate surface area is 148 Å². The van der Waals surface area contributed by atoms with Crippen LogP contribution in [0.25, 0.3) is 0 Å². The second-order valence-corrected chi connectivity index (χ2v) is 6.25. The van der Waals surface area contributed by atoms with Crippen molar-refractivity contribution in [2.75, 3.05) is 6.54 Å². The van der Waals surface area contributed by atoms with Crippen LogP contribution in [0.2, 0.25) is 0 Å². The Bertz CT molecular complexity index is 774. The number of aromatic nitrogens is 1. The summed E-state index contributed by atoms with van der Waals surface area (Å²) in [6.45, 7) is 0.478. The largest absolute Gasteiger partial charge is 0.370 e. The summed E-state index contributed by atoms with van der Waals surface area (Å²) in [5.41, 5.74) is 5.87. The summed E-state index contributed by atoms with van der Waals surface area (Å²) in [4.78, 5) is 37.0. The van der Waals surface area contributed by atoms with Gasteiger partial charge < -0.3 is 15.2 Å². The lowest BCUT2D eigenvalue weighted by atomic mass is 10.2. The minimum Gasteiger partial charge on any atom is -0.370 e. The summed E-state index contributed by atoms with van der Waals surface area (Å²) in [6.07, 6.45) is 1.64. The van der Waals surface area contributed by atoms with E-state index in [0.717, 1.165) is 5.56 Å². The number of primary amides is 1. The molecule has 0 radical (unpaired) electrons. The minimum atomic E-state index is -0.472. The lowest BCUT2D eigenvalue weighted by molar-refractivity contribution is -0.133. The van der Waals surface area contributed by atoms with Crippen molar-refractivity contribution in [3.05, 3.63) is 69.1 Å². The molecule has 1 aromatic carbocycles. The lowest BCUT2D eigenvalue weighted by Gasteiger charge is -2.23. The molecule has 2 rings (SSSR count). The zero-order valence-corrected chi connectivity index (χ0v) is 14.6. The highest BCUT2D eigenvalue weighted by atomic mass is 79.9. The molecule has 24 heavy (non-hydrogen) atoms. The second kappa shape index (κ2) is 8.44. The first kappa shape index (κ1) is 17.9. The molecule has 0 saturated carbocycles. The van der Waals surface area contributed by atoms with Gasteiger partial charge in [0.25, 0.3) is 5.56 Å². The highest BCUT2D eigenvalue weighted by Gasteiger charge is 2.16. The van der Waals surface area contributed by atoms with Crippen molar-refractivity contribution in [2.24, 2.45) is 5.73 Å². The third kappa shape index (κ3) is 5.34. The van der Waals surface area contributed by atoms with E-state index < -0.39 is 5.91 Å². The summed E-state index contributed by atoms with van der Waals surface area (Å²) in [5.74, 6) is -0.721.